The second kappa shape index (κ2) is 9.38. The second-order valence-corrected chi connectivity index (χ2v) is 7.14. The maximum absolute atomic E-state index is 12.6. The van der Waals surface area contributed by atoms with Crippen molar-refractivity contribution >= 4 is 29.1 Å². The summed E-state index contributed by atoms with van der Waals surface area (Å²) in [7, 11) is 0. The van der Waals surface area contributed by atoms with Gasteiger partial charge in [0.25, 0.3) is 5.91 Å². The van der Waals surface area contributed by atoms with Gasteiger partial charge in [0.05, 0.1) is 22.8 Å². The Morgan fingerprint density at radius 1 is 1.15 bits per heavy atom. The molecule has 4 nitrogen and oxygen atoms in total. The highest BCUT2D eigenvalue weighted by Crippen LogP contribution is 2.22. The van der Waals surface area contributed by atoms with Gasteiger partial charge in [0, 0.05) is 25.2 Å². The van der Waals surface area contributed by atoms with Crippen molar-refractivity contribution in [2.24, 2.45) is 0 Å². The van der Waals surface area contributed by atoms with E-state index in [4.69, 9.17) is 27.9 Å². The summed E-state index contributed by atoms with van der Waals surface area (Å²) in [5.41, 5.74) is 1.82. The minimum atomic E-state index is 0.0534. The molecule has 1 amide bonds. The van der Waals surface area contributed by atoms with Gasteiger partial charge in [0.2, 0.25) is 0 Å². The van der Waals surface area contributed by atoms with Crippen molar-refractivity contribution in [3.63, 3.8) is 0 Å². The van der Waals surface area contributed by atoms with Gasteiger partial charge in [-0.3, -0.25) is 4.79 Å². The van der Waals surface area contributed by atoms with Crippen LogP contribution in [0.2, 0.25) is 10.0 Å². The molecule has 6 heteroatoms. The molecule has 1 heterocycles. The Labute approximate surface area is 164 Å². The van der Waals surface area contributed by atoms with E-state index in [1.54, 1.807) is 6.07 Å². The maximum Gasteiger partial charge on any atom is 0.254 e. The van der Waals surface area contributed by atoms with E-state index in [1.165, 1.54) is 0 Å². The maximum atomic E-state index is 12.6. The van der Waals surface area contributed by atoms with E-state index in [-0.39, 0.29) is 12.0 Å². The molecule has 0 aromatic heterocycles. The van der Waals surface area contributed by atoms with Gasteiger partial charge in [0.1, 0.15) is 0 Å². The van der Waals surface area contributed by atoms with Crippen molar-refractivity contribution in [1.82, 2.24) is 10.2 Å². The second-order valence-electron chi connectivity index (χ2n) is 6.32. The predicted octanol–water partition coefficient (Wildman–Crippen LogP) is 4.01. The first-order valence-corrected chi connectivity index (χ1v) is 9.49. The number of ether oxygens (including phenoxy) is 1. The van der Waals surface area contributed by atoms with E-state index < -0.39 is 0 Å². The van der Waals surface area contributed by atoms with E-state index in [1.807, 2.05) is 47.4 Å². The quantitative estimate of drug-likeness (QED) is 0.754. The lowest BCUT2D eigenvalue weighted by molar-refractivity contribution is -0.0245. The minimum absolute atomic E-state index is 0.0534. The summed E-state index contributed by atoms with van der Waals surface area (Å²) in [4.78, 5) is 14.4. The van der Waals surface area contributed by atoms with Crippen LogP contribution in [0.25, 0.3) is 0 Å². The van der Waals surface area contributed by atoms with Gasteiger partial charge in [-0.25, -0.2) is 0 Å². The fraction of sp³-hybridized carbons (Fsp3) is 0.350. The van der Waals surface area contributed by atoms with Crippen molar-refractivity contribution in [2.75, 3.05) is 26.2 Å². The fourth-order valence-corrected chi connectivity index (χ4v) is 3.31. The summed E-state index contributed by atoms with van der Waals surface area (Å²) in [6, 6.07) is 15.0. The molecule has 0 saturated carbocycles. The molecule has 1 fully saturated rings. The highest BCUT2D eigenvalue weighted by Gasteiger charge is 2.24. The molecule has 0 spiro atoms. The minimum Gasteiger partial charge on any atom is -0.374 e. The molecule has 1 saturated heterocycles. The molecule has 1 unspecified atom stereocenters. The van der Waals surface area contributed by atoms with Crippen molar-refractivity contribution in [3.05, 3.63) is 69.7 Å². The average Bonchev–Trinajstić information content (AvgIpc) is 2.68. The Balaban J connectivity index is 1.43. The summed E-state index contributed by atoms with van der Waals surface area (Å²) in [6.07, 6.45) is 0.901. The number of amides is 1. The molecule has 1 aliphatic rings. The Kier molecular flexibility index (Phi) is 6.92. The monoisotopic (exact) mass is 392 g/mol. The number of halogens is 2. The van der Waals surface area contributed by atoms with Crippen molar-refractivity contribution in [2.45, 2.75) is 19.1 Å². The number of benzene rings is 2. The first-order chi connectivity index (χ1) is 12.6. The molecule has 2 aromatic rings. The molecule has 1 N–H and O–H groups in total. The van der Waals surface area contributed by atoms with E-state index in [0.29, 0.717) is 29.7 Å². The lowest BCUT2D eigenvalue weighted by Gasteiger charge is -2.33. The van der Waals surface area contributed by atoms with Gasteiger partial charge in [-0.15, -0.1) is 0 Å². The van der Waals surface area contributed by atoms with Crippen LogP contribution in [0.4, 0.5) is 0 Å². The van der Waals surface area contributed by atoms with Crippen LogP contribution in [-0.2, 0) is 11.3 Å². The molecule has 138 valence electrons. The Hall–Kier alpha value is -1.59. The Morgan fingerprint density at radius 3 is 2.73 bits per heavy atom. The lowest BCUT2D eigenvalue weighted by atomic mass is 10.1. The summed E-state index contributed by atoms with van der Waals surface area (Å²) >= 11 is 12.0. The SMILES string of the molecule is O=C(c1ccccc1)N1CCOC(CCNCc2ccc(Cl)c(Cl)c2)C1. The first-order valence-electron chi connectivity index (χ1n) is 8.74. The largest absolute Gasteiger partial charge is 0.374 e. The number of hydrogen-bond donors (Lipinski definition) is 1. The molecular weight excluding hydrogens is 371 g/mol. The van der Waals surface area contributed by atoms with Crippen molar-refractivity contribution in [3.8, 4) is 0 Å². The van der Waals surface area contributed by atoms with Crippen LogP contribution in [0, 0.1) is 0 Å². The zero-order chi connectivity index (χ0) is 18.4. The van der Waals surface area contributed by atoms with Crippen LogP contribution in [0.15, 0.2) is 48.5 Å². The van der Waals surface area contributed by atoms with Gasteiger partial charge in [-0.05, 0) is 42.8 Å². The highest BCUT2D eigenvalue weighted by atomic mass is 35.5. The van der Waals surface area contributed by atoms with Crippen molar-refractivity contribution in [1.29, 1.82) is 0 Å². The van der Waals surface area contributed by atoms with E-state index in [2.05, 4.69) is 5.32 Å². The molecule has 1 atom stereocenters. The number of rotatable bonds is 6. The molecule has 0 bridgehead atoms. The topological polar surface area (TPSA) is 41.6 Å². The van der Waals surface area contributed by atoms with Crippen LogP contribution in [0.3, 0.4) is 0 Å². The number of nitrogens with one attached hydrogen (secondary N) is 1. The van der Waals surface area contributed by atoms with Crippen LogP contribution >= 0.6 is 23.2 Å². The third-order valence-electron chi connectivity index (χ3n) is 4.40. The standard InChI is InChI=1S/C20H22Cl2N2O2/c21-18-7-6-15(12-19(18)22)13-23-9-8-17-14-24(10-11-26-17)20(25)16-4-2-1-3-5-16/h1-7,12,17,23H,8-11,13-14H2. The van der Waals surface area contributed by atoms with Gasteiger partial charge < -0.3 is 15.0 Å². The number of carbonyl (C=O) groups is 1. The summed E-state index contributed by atoms with van der Waals surface area (Å²) in [5.74, 6) is 0.0719. The van der Waals surface area contributed by atoms with Gasteiger partial charge >= 0.3 is 0 Å². The van der Waals surface area contributed by atoms with Crippen molar-refractivity contribution < 1.29 is 9.53 Å². The number of nitrogens with zero attached hydrogens (tertiary/aromatic N) is 1. The number of morpholine rings is 1. The molecule has 3 rings (SSSR count). The normalized spacial score (nSPS) is 17.3. The molecular formula is C20H22Cl2N2O2. The van der Waals surface area contributed by atoms with E-state index in [0.717, 1.165) is 30.6 Å². The van der Waals surface area contributed by atoms with Gasteiger partial charge in [0.15, 0.2) is 0 Å². The summed E-state index contributed by atoms with van der Waals surface area (Å²) in [6.45, 7) is 3.37. The van der Waals surface area contributed by atoms with Crippen LogP contribution in [0.5, 0.6) is 0 Å². The molecule has 0 aliphatic carbocycles. The highest BCUT2D eigenvalue weighted by molar-refractivity contribution is 6.42. The van der Waals surface area contributed by atoms with Crippen LogP contribution in [0.1, 0.15) is 22.3 Å². The first kappa shape index (κ1) is 19.2. The predicted molar refractivity (Wildman–Crippen MR) is 105 cm³/mol. The third-order valence-corrected chi connectivity index (χ3v) is 5.14. The Bertz CT molecular complexity index is 740. The van der Waals surface area contributed by atoms with E-state index in [9.17, 15) is 4.79 Å². The average molecular weight is 393 g/mol. The van der Waals surface area contributed by atoms with Gasteiger partial charge in [-0.2, -0.15) is 0 Å². The van der Waals surface area contributed by atoms with Crippen LogP contribution in [-0.4, -0.2) is 43.2 Å². The zero-order valence-corrected chi connectivity index (χ0v) is 16.0. The van der Waals surface area contributed by atoms with Gasteiger partial charge in [-0.1, -0.05) is 47.5 Å². The molecule has 26 heavy (non-hydrogen) atoms. The van der Waals surface area contributed by atoms with E-state index >= 15 is 0 Å². The number of hydrogen-bond acceptors (Lipinski definition) is 3. The molecule has 0 radical (unpaired) electrons. The summed E-state index contributed by atoms with van der Waals surface area (Å²) in [5, 5.41) is 4.52. The zero-order valence-electron chi connectivity index (χ0n) is 14.5. The number of carbonyl (C=O) groups excluding carboxylic acids is 1. The fourth-order valence-electron chi connectivity index (χ4n) is 2.99. The molecule has 2 aromatic carbocycles. The molecule has 1 aliphatic heterocycles. The lowest BCUT2D eigenvalue weighted by Crippen LogP contribution is -2.46. The van der Waals surface area contributed by atoms with Crippen LogP contribution < -0.4 is 5.32 Å². The smallest absolute Gasteiger partial charge is 0.254 e. The third kappa shape index (κ3) is 5.21. The Morgan fingerprint density at radius 2 is 1.96 bits per heavy atom. The summed E-state index contributed by atoms with van der Waals surface area (Å²) < 4.78 is 5.81.